The first-order valence-electron chi connectivity index (χ1n) is 21.1. The molecule has 0 radical (unpaired) electrons. The first kappa shape index (κ1) is 41.5. The topological polar surface area (TPSA) is 186 Å². The fourth-order valence-electron chi connectivity index (χ4n) is 10.6. The standard InChI is InChI=1S/C47H48N3O12S/c1-22-15-27-16-29-45(54)50-30-19-58-46(55)47(28-18-31(56-4)32(17-26(28)13-14-48-47)62-33(52)12-11-25-9-7-6-8-10-25)20-63-44(38(50)37(49-29)34(27)39(53)40(22)57-5)36-35(30)43-42(59-21-60-43)23(2)41(36)61-24(3)51/h6-10,15,17-18,29-30,37-38,44-45,48,53-54H,11-14,16,19-21H2,1-5H3/q-1/t29-,30-,37+,38?,44+,45-,47+/m0/s1. The number of aliphatic hydroxyl groups excluding tert-OH is 1. The second-order valence-corrected chi connectivity index (χ2v) is 18.0. The van der Waals surface area contributed by atoms with Crippen molar-refractivity contribution in [2.24, 2.45) is 0 Å². The van der Waals surface area contributed by atoms with Crippen molar-refractivity contribution in [3.8, 4) is 40.2 Å². The number of nitrogens with zero attached hydrogens (tertiary/aromatic N) is 2. The number of carbonyl (C=O) groups is 3. The lowest BCUT2D eigenvalue weighted by Crippen LogP contribution is -2.64. The minimum absolute atomic E-state index is 0.0225. The molecule has 16 heteroatoms. The van der Waals surface area contributed by atoms with Gasteiger partial charge >= 0.3 is 17.9 Å². The molecule has 11 rings (SSSR count). The molecule has 0 aliphatic carbocycles. The fourth-order valence-corrected chi connectivity index (χ4v) is 12.3. The first-order chi connectivity index (χ1) is 30.4. The molecule has 0 saturated carbocycles. The number of ether oxygens (including phenoxy) is 7. The minimum atomic E-state index is -1.43. The Bertz CT molecular complexity index is 2550. The number of benzene rings is 4. The van der Waals surface area contributed by atoms with Gasteiger partial charge in [0.05, 0.1) is 26.5 Å². The molecule has 1 unspecified atom stereocenters. The molecule has 63 heavy (non-hydrogen) atoms. The second kappa shape index (κ2) is 15.9. The van der Waals surface area contributed by atoms with Crippen LogP contribution >= 0.6 is 11.8 Å². The first-order valence-corrected chi connectivity index (χ1v) is 22.2. The van der Waals surface area contributed by atoms with Gasteiger partial charge in [-0.1, -0.05) is 48.5 Å². The number of nitrogens with one attached hydrogen (secondary N) is 1. The molecule has 1 spiro atoms. The van der Waals surface area contributed by atoms with Gasteiger partial charge in [0.2, 0.25) is 6.79 Å². The Labute approximate surface area is 368 Å². The molecule has 7 aliphatic rings. The van der Waals surface area contributed by atoms with E-state index in [4.69, 9.17) is 38.5 Å². The Kier molecular flexibility index (Phi) is 10.5. The van der Waals surface area contributed by atoms with Crippen molar-refractivity contribution in [2.45, 2.75) is 87.6 Å². The van der Waals surface area contributed by atoms with Gasteiger partial charge in [-0.3, -0.25) is 19.8 Å². The normalized spacial score (nSPS) is 26.4. The van der Waals surface area contributed by atoms with Crippen LogP contribution in [0.5, 0.6) is 40.2 Å². The molecule has 330 valence electrons. The van der Waals surface area contributed by atoms with E-state index in [9.17, 15) is 24.6 Å². The number of hydrogen-bond acceptors (Lipinski definition) is 15. The Morgan fingerprint density at radius 1 is 0.968 bits per heavy atom. The molecule has 0 amide bonds. The van der Waals surface area contributed by atoms with Gasteiger partial charge < -0.3 is 48.7 Å². The van der Waals surface area contributed by atoms with Crippen LogP contribution in [0.25, 0.3) is 5.32 Å². The highest BCUT2D eigenvalue weighted by molar-refractivity contribution is 7.99. The van der Waals surface area contributed by atoms with Crippen molar-refractivity contribution in [3.63, 3.8) is 0 Å². The van der Waals surface area contributed by atoms with Crippen LogP contribution in [0, 0.1) is 13.8 Å². The van der Waals surface area contributed by atoms with Gasteiger partial charge in [-0.25, -0.2) is 4.79 Å². The maximum absolute atomic E-state index is 15.0. The predicted octanol–water partition coefficient (Wildman–Crippen LogP) is 5.69. The van der Waals surface area contributed by atoms with E-state index in [1.165, 1.54) is 32.9 Å². The van der Waals surface area contributed by atoms with E-state index in [2.05, 4.69) is 5.32 Å². The molecule has 15 nitrogen and oxygen atoms in total. The van der Waals surface area contributed by atoms with Crippen molar-refractivity contribution < 1.29 is 57.8 Å². The number of phenols is 1. The summed E-state index contributed by atoms with van der Waals surface area (Å²) in [6.07, 6.45) is 0.404. The third-order valence-electron chi connectivity index (χ3n) is 13.3. The molecule has 4 aromatic carbocycles. The molecule has 2 saturated heterocycles. The number of aryl methyl sites for hydroxylation is 2. The van der Waals surface area contributed by atoms with Gasteiger partial charge in [-0.15, -0.1) is 11.8 Å². The van der Waals surface area contributed by atoms with E-state index < -0.39 is 59.1 Å². The third-order valence-corrected chi connectivity index (χ3v) is 14.8. The largest absolute Gasteiger partial charge is 0.648 e. The van der Waals surface area contributed by atoms with Gasteiger partial charge in [0.25, 0.3) is 0 Å². The summed E-state index contributed by atoms with van der Waals surface area (Å²) in [6.45, 7) is 5.09. The number of piperazine rings is 1. The number of fused-ring (bicyclic) bond motifs is 9. The predicted molar refractivity (Wildman–Crippen MR) is 229 cm³/mol. The van der Waals surface area contributed by atoms with Crippen molar-refractivity contribution >= 4 is 29.7 Å². The summed E-state index contributed by atoms with van der Waals surface area (Å²) in [7, 11) is 3.00. The highest BCUT2D eigenvalue weighted by Gasteiger charge is 2.57. The van der Waals surface area contributed by atoms with Gasteiger partial charge in [0.1, 0.15) is 12.4 Å². The molecule has 7 aliphatic heterocycles. The number of thioether (sulfide) groups is 1. The zero-order valence-electron chi connectivity index (χ0n) is 35.5. The van der Waals surface area contributed by atoms with Crippen LogP contribution < -0.4 is 33.7 Å². The summed E-state index contributed by atoms with van der Waals surface area (Å²) in [4.78, 5) is 43.1. The summed E-state index contributed by atoms with van der Waals surface area (Å²) in [5.74, 6) is 0.550. The molecule has 7 atom stereocenters. The van der Waals surface area contributed by atoms with E-state index in [0.29, 0.717) is 76.6 Å². The van der Waals surface area contributed by atoms with Crippen molar-refractivity contribution in [2.75, 3.05) is 39.9 Å². The van der Waals surface area contributed by atoms with E-state index in [1.54, 1.807) is 12.1 Å². The molecule has 4 aromatic rings. The average Bonchev–Trinajstić information content (AvgIpc) is 3.77. The monoisotopic (exact) mass is 878 g/mol. The highest BCUT2D eigenvalue weighted by atomic mass is 32.2. The van der Waals surface area contributed by atoms with Gasteiger partial charge in [0.15, 0.2) is 40.0 Å². The van der Waals surface area contributed by atoms with Crippen LogP contribution in [0.1, 0.15) is 80.7 Å². The summed E-state index contributed by atoms with van der Waals surface area (Å²) >= 11 is 1.42. The molecule has 3 N–H and O–H groups in total. The van der Waals surface area contributed by atoms with Crippen molar-refractivity contribution in [1.82, 2.24) is 10.2 Å². The number of rotatable bonds is 7. The summed E-state index contributed by atoms with van der Waals surface area (Å²) in [5.41, 5.74) is 4.95. The molecule has 7 heterocycles. The van der Waals surface area contributed by atoms with Crippen LogP contribution in [-0.2, 0) is 43.9 Å². The van der Waals surface area contributed by atoms with Crippen LogP contribution in [0.3, 0.4) is 0 Å². The second-order valence-electron chi connectivity index (χ2n) is 16.9. The van der Waals surface area contributed by atoms with Gasteiger partial charge in [0, 0.05) is 53.6 Å². The smallest absolute Gasteiger partial charge is 0.331 e. The lowest BCUT2D eigenvalue weighted by atomic mass is 9.74. The minimum Gasteiger partial charge on any atom is -0.648 e. The van der Waals surface area contributed by atoms with Crippen LogP contribution in [0.4, 0.5) is 0 Å². The van der Waals surface area contributed by atoms with Crippen molar-refractivity contribution in [1.29, 1.82) is 0 Å². The van der Waals surface area contributed by atoms with E-state index in [1.807, 2.05) is 55.1 Å². The number of aromatic hydroxyl groups is 1. The Hall–Kier alpha value is -5.52. The number of aliphatic hydroxyl groups is 1. The average molecular weight is 879 g/mol. The van der Waals surface area contributed by atoms with Gasteiger partial charge in [-0.2, -0.15) is 0 Å². The lowest BCUT2D eigenvalue weighted by molar-refractivity contribution is -0.160. The lowest BCUT2D eigenvalue weighted by Gasteiger charge is -2.65. The van der Waals surface area contributed by atoms with E-state index >= 15 is 0 Å². The molecule has 4 bridgehead atoms. The fraction of sp³-hybridized carbons (Fsp3) is 0.426. The van der Waals surface area contributed by atoms with Crippen molar-refractivity contribution in [3.05, 3.63) is 104 Å². The maximum atomic E-state index is 15.0. The zero-order valence-corrected chi connectivity index (χ0v) is 36.3. The van der Waals surface area contributed by atoms with Crippen LogP contribution in [0.2, 0.25) is 0 Å². The molecular weight excluding hydrogens is 831 g/mol. The summed E-state index contributed by atoms with van der Waals surface area (Å²) in [6, 6.07) is 12.4. The Morgan fingerprint density at radius 3 is 2.52 bits per heavy atom. The zero-order chi connectivity index (χ0) is 43.9. The number of esters is 3. The van der Waals surface area contributed by atoms with E-state index in [0.717, 1.165) is 22.3 Å². The number of carbonyl (C=O) groups excluding carboxylic acids is 3. The quantitative estimate of drug-likeness (QED) is 0.152. The van der Waals surface area contributed by atoms with Gasteiger partial charge in [-0.05, 0) is 78.6 Å². The molecule has 0 aromatic heterocycles. The number of methoxy groups -OCH3 is 2. The number of hydrogen-bond donors (Lipinski definition) is 3. The Balaban J connectivity index is 1.11. The third kappa shape index (κ3) is 6.59. The molecular formula is C47H48N3O12S-. The maximum Gasteiger partial charge on any atom is 0.331 e. The van der Waals surface area contributed by atoms with Crippen LogP contribution in [0.15, 0.2) is 48.5 Å². The van der Waals surface area contributed by atoms with E-state index in [-0.39, 0.29) is 42.8 Å². The van der Waals surface area contributed by atoms with Crippen LogP contribution in [-0.4, -0.2) is 91.2 Å². The molecule has 2 fully saturated rings. The summed E-state index contributed by atoms with van der Waals surface area (Å²) in [5, 5.41) is 32.6. The summed E-state index contributed by atoms with van der Waals surface area (Å²) < 4.78 is 42.3. The highest BCUT2D eigenvalue weighted by Crippen LogP contribution is 2.65. The Morgan fingerprint density at radius 2 is 1.76 bits per heavy atom. The SMILES string of the molecule is COc1cc2c(cc1OC(=O)CCc1ccccc1)CCN[C@]21CS[C@@H]2c3c(OC(C)=O)c(C)c4c(c3[C@H](COC1=O)N1C2[C@@H]2[N-][C@@H](Cc3cc(C)c(OC)c(O)c32)[C@@H]1O)OCO4. The number of phenolic OH excluding ortho intramolecular Hbond substituents is 1.